The van der Waals surface area contributed by atoms with Gasteiger partial charge in [0.25, 0.3) is 0 Å². The minimum Gasteiger partial charge on any atom is -0.152 e. The Hall–Kier alpha value is -0.900. The molecule has 3 heteroatoms. The SMILES string of the molecule is Cc1ccc(C)s1.Cc1cccs1.Cc1ccsc1. The van der Waals surface area contributed by atoms with E-state index in [1.54, 1.807) is 22.7 Å². The maximum Gasteiger partial charge on any atom is 0.00170 e. The molecule has 0 unspecified atom stereocenters. The molecule has 3 aromatic rings. The molecule has 0 spiro atoms. The molecule has 0 aromatic carbocycles. The summed E-state index contributed by atoms with van der Waals surface area (Å²) in [7, 11) is 0. The first-order valence-corrected chi connectivity index (χ1v) is 8.74. The van der Waals surface area contributed by atoms with Gasteiger partial charge in [0.2, 0.25) is 0 Å². The van der Waals surface area contributed by atoms with E-state index in [9.17, 15) is 0 Å². The van der Waals surface area contributed by atoms with Gasteiger partial charge < -0.3 is 0 Å². The predicted octanol–water partition coefficient (Wildman–Crippen LogP) is 6.48. The second kappa shape index (κ2) is 9.08. The van der Waals surface area contributed by atoms with E-state index in [0.717, 1.165) is 0 Å². The molecule has 3 heterocycles. The summed E-state index contributed by atoms with van der Waals surface area (Å²) in [6.45, 7) is 8.44. The van der Waals surface area contributed by atoms with Crippen LogP contribution in [0, 0.1) is 27.7 Å². The van der Waals surface area contributed by atoms with Crippen molar-refractivity contribution < 1.29 is 0 Å². The number of rotatable bonds is 0. The zero-order chi connectivity index (χ0) is 14.1. The number of hydrogen-bond acceptors (Lipinski definition) is 3. The van der Waals surface area contributed by atoms with E-state index in [1.807, 2.05) is 11.3 Å². The molecule has 0 aliphatic heterocycles. The smallest absolute Gasteiger partial charge is 0.00170 e. The number of thiophene rings is 3. The largest absolute Gasteiger partial charge is 0.152 e. The molecule has 19 heavy (non-hydrogen) atoms. The van der Waals surface area contributed by atoms with Crippen molar-refractivity contribution in [3.05, 3.63) is 66.7 Å². The van der Waals surface area contributed by atoms with Gasteiger partial charge in [-0.05, 0) is 73.7 Å². The summed E-state index contributed by atoms with van der Waals surface area (Å²) in [6, 6.07) is 10.5. The molecule has 0 aliphatic carbocycles. The minimum absolute atomic E-state index is 1.36. The van der Waals surface area contributed by atoms with E-state index in [0.29, 0.717) is 0 Å². The van der Waals surface area contributed by atoms with Crippen LogP contribution in [-0.2, 0) is 0 Å². The van der Waals surface area contributed by atoms with E-state index in [-0.39, 0.29) is 0 Å². The average Bonchev–Trinajstić information content (AvgIpc) is 3.07. The van der Waals surface area contributed by atoms with Crippen LogP contribution in [0.2, 0.25) is 0 Å². The molecule has 3 aromatic heterocycles. The van der Waals surface area contributed by atoms with Crippen molar-refractivity contribution in [2.24, 2.45) is 0 Å². The van der Waals surface area contributed by atoms with E-state index in [4.69, 9.17) is 0 Å². The summed E-state index contributed by atoms with van der Waals surface area (Å²) in [5, 5.41) is 6.28. The fourth-order valence-corrected chi connectivity index (χ4v) is 3.22. The maximum atomic E-state index is 2.14. The van der Waals surface area contributed by atoms with Gasteiger partial charge >= 0.3 is 0 Å². The van der Waals surface area contributed by atoms with Gasteiger partial charge in [-0.25, -0.2) is 0 Å². The molecule has 3 rings (SSSR count). The highest BCUT2D eigenvalue weighted by molar-refractivity contribution is 7.11. The van der Waals surface area contributed by atoms with Crippen LogP contribution < -0.4 is 0 Å². The second-order valence-electron chi connectivity index (χ2n) is 4.18. The highest BCUT2D eigenvalue weighted by Crippen LogP contribution is 2.12. The molecule has 0 bridgehead atoms. The maximum absolute atomic E-state index is 2.14. The van der Waals surface area contributed by atoms with Gasteiger partial charge in [-0.15, -0.1) is 22.7 Å². The molecule has 0 N–H and O–H groups in total. The van der Waals surface area contributed by atoms with Gasteiger partial charge in [0, 0.05) is 14.6 Å². The first-order valence-electron chi connectivity index (χ1n) is 6.10. The average molecular weight is 309 g/mol. The molecule has 0 fully saturated rings. The van der Waals surface area contributed by atoms with Crippen LogP contribution >= 0.6 is 34.0 Å². The van der Waals surface area contributed by atoms with Crippen LogP contribution in [0.15, 0.2) is 46.5 Å². The van der Waals surface area contributed by atoms with Crippen LogP contribution in [0.25, 0.3) is 0 Å². The van der Waals surface area contributed by atoms with Gasteiger partial charge in [-0.2, -0.15) is 11.3 Å². The molecule has 0 atom stereocenters. The van der Waals surface area contributed by atoms with Crippen LogP contribution in [0.4, 0.5) is 0 Å². The first-order chi connectivity index (χ1) is 9.08. The van der Waals surface area contributed by atoms with Crippen molar-refractivity contribution in [3.63, 3.8) is 0 Å². The number of aryl methyl sites for hydroxylation is 4. The normalized spacial score (nSPS) is 9.05. The summed E-state index contributed by atoms with van der Waals surface area (Å²) < 4.78 is 0. The molecule has 0 amide bonds. The molecule has 0 nitrogen and oxygen atoms in total. The standard InChI is InChI=1S/C6H8S.2C5H6S/c1-5-3-4-6(2)7-5;1-5-2-3-6-4-5;1-5-3-2-4-6-5/h3-4H,1-2H3;2*2-4H,1H3. The lowest BCUT2D eigenvalue weighted by atomic mass is 10.4. The van der Waals surface area contributed by atoms with Crippen molar-refractivity contribution in [1.29, 1.82) is 0 Å². The summed E-state index contributed by atoms with van der Waals surface area (Å²) in [5.41, 5.74) is 1.36. The first kappa shape index (κ1) is 16.2. The van der Waals surface area contributed by atoms with Crippen molar-refractivity contribution >= 4 is 34.0 Å². The van der Waals surface area contributed by atoms with Crippen LogP contribution in [0.1, 0.15) is 20.2 Å². The topological polar surface area (TPSA) is 0 Å². The zero-order valence-electron chi connectivity index (χ0n) is 11.8. The third kappa shape index (κ3) is 7.98. The van der Waals surface area contributed by atoms with Gasteiger partial charge in [0.05, 0.1) is 0 Å². The van der Waals surface area contributed by atoms with E-state index in [2.05, 4.69) is 74.2 Å². The Balaban J connectivity index is 0.000000143. The second-order valence-corrected chi connectivity index (χ2v) is 7.60. The Morgan fingerprint density at radius 1 is 0.737 bits per heavy atom. The van der Waals surface area contributed by atoms with Crippen molar-refractivity contribution in [3.8, 4) is 0 Å². The van der Waals surface area contributed by atoms with Crippen LogP contribution in [-0.4, -0.2) is 0 Å². The summed E-state index contributed by atoms with van der Waals surface area (Å²) in [5.74, 6) is 0. The monoisotopic (exact) mass is 308 g/mol. The third-order valence-electron chi connectivity index (χ3n) is 2.20. The van der Waals surface area contributed by atoms with E-state index >= 15 is 0 Å². The fraction of sp³-hybridized carbons (Fsp3) is 0.250. The zero-order valence-corrected chi connectivity index (χ0v) is 14.3. The molecule has 0 saturated carbocycles. The van der Waals surface area contributed by atoms with E-state index in [1.165, 1.54) is 20.2 Å². The molecule has 0 aliphatic rings. The minimum atomic E-state index is 1.36. The Morgan fingerprint density at radius 3 is 1.58 bits per heavy atom. The summed E-state index contributed by atoms with van der Waals surface area (Å²) in [4.78, 5) is 4.19. The van der Waals surface area contributed by atoms with Crippen LogP contribution in [0.3, 0.4) is 0 Å². The van der Waals surface area contributed by atoms with Crippen molar-refractivity contribution in [2.45, 2.75) is 27.7 Å². The highest BCUT2D eigenvalue weighted by Gasteiger charge is 1.84. The van der Waals surface area contributed by atoms with Gasteiger partial charge in [0.15, 0.2) is 0 Å². The summed E-state index contributed by atoms with van der Waals surface area (Å²) in [6.07, 6.45) is 0. The number of hydrogen-bond donors (Lipinski definition) is 0. The van der Waals surface area contributed by atoms with Crippen molar-refractivity contribution in [1.82, 2.24) is 0 Å². The Labute approximate surface area is 128 Å². The molecule has 102 valence electrons. The van der Waals surface area contributed by atoms with Crippen molar-refractivity contribution in [2.75, 3.05) is 0 Å². The van der Waals surface area contributed by atoms with Crippen LogP contribution in [0.5, 0.6) is 0 Å². The van der Waals surface area contributed by atoms with E-state index < -0.39 is 0 Å². The lowest BCUT2D eigenvalue weighted by Crippen LogP contribution is -1.47. The van der Waals surface area contributed by atoms with Gasteiger partial charge in [-0.3, -0.25) is 0 Å². The van der Waals surface area contributed by atoms with Gasteiger partial charge in [0.1, 0.15) is 0 Å². The third-order valence-corrected chi connectivity index (χ3v) is 4.72. The quantitative estimate of drug-likeness (QED) is 0.446. The fourth-order valence-electron chi connectivity index (χ4n) is 1.25. The summed E-state index contributed by atoms with van der Waals surface area (Å²) >= 11 is 5.36. The van der Waals surface area contributed by atoms with Gasteiger partial charge in [-0.1, -0.05) is 6.07 Å². The Bertz CT molecular complexity index is 482. The Kier molecular flexibility index (Phi) is 7.72. The molecule has 0 saturated heterocycles. The molecule has 0 radical (unpaired) electrons. The highest BCUT2D eigenvalue weighted by atomic mass is 32.1. The molecular formula is C16H20S3. The predicted molar refractivity (Wildman–Crippen MR) is 91.9 cm³/mol. The lowest BCUT2D eigenvalue weighted by molar-refractivity contribution is 1.56. The Morgan fingerprint density at radius 2 is 1.42 bits per heavy atom. The molecular weight excluding hydrogens is 288 g/mol. The lowest BCUT2D eigenvalue weighted by Gasteiger charge is -1.71.